The van der Waals surface area contributed by atoms with Crippen LogP contribution in [-0.2, 0) is 7.05 Å². The van der Waals surface area contributed by atoms with Crippen LogP contribution < -0.4 is 5.32 Å². The smallest absolute Gasteiger partial charge is 0.272 e. The van der Waals surface area contributed by atoms with Gasteiger partial charge in [-0.1, -0.05) is 43.3 Å². The molecule has 4 rings (SSSR count). The number of rotatable bonds is 8. The first-order valence-electron chi connectivity index (χ1n) is 11.5. The van der Waals surface area contributed by atoms with Gasteiger partial charge in [0.1, 0.15) is 17.0 Å². The largest absolute Gasteiger partial charge is 0.351 e. The molecule has 1 N–H and O–H groups in total. The number of fused-ring (bicyclic) bond motifs is 1. The van der Waals surface area contributed by atoms with Gasteiger partial charge in [0.15, 0.2) is 0 Å². The molecule has 0 saturated heterocycles. The molecule has 0 saturated carbocycles. The molecular weight excluding hydrogens is 426 g/mol. The minimum atomic E-state index is -0.128. The summed E-state index contributed by atoms with van der Waals surface area (Å²) < 4.78 is 3.64. The van der Waals surface area contributed by atoms with Gasteiger partial charge in [-0.25, -0.2) is 4.98 Å². The Morgan fingerprint density at radius 1 is 1.03 bits per heavy atom. The Kier molecular flexibility index (Phi) is 6.82. The summed E-state index contributed by atoms with van der Waals surface area (Å²) in [6.07, 6.45) is 4.33. The molecule has 7 heteroatoms. The number of pyridine rings is 1. The molecule has 0 fully saturated rings. The average Bonchev–Trinajstić information content (AvgIpc) is 3.43. The Morgan fingerprint density at radius 2 is 1.76 bits per heavy atom. The fraction of sp³-hybridized carbons (Fsp3) is 0.296. The van der Waals surface area contributed by atoms with E-state index >= 15 is 0 Å². The fourth-order valence-electron chi connectivity index (χ4n) is 4.57. The average molecular weight is 458 g/mol. The Labute approximate surface area is 200 Å². The van der Waals surface area contributed by atoms with Crippen molar-refractivity contribution < 1.29 is 9.59 Å². The monoisotopic (exact) mass is 457 g/mol. The summed E-state index contributed by atoms with van der Waals surface area (Å²) in [5.41, 5.74) is 3.77. The highest BCUT2D eigenvalue weighted by molar-refractivity contribution is 5.95. The third-order valence-electron chi connectivity index (χ3n) is 6.53. The lowest BCUT2D eigenvalue weighted by Gasteiger charge is -2.33. The number of imidazole rings is 1. The zero-order valence-electron chi connectivity index (χ0n) is 20.1. The highest BCUT2D eigenvalue weighted by atomic mass is 16.2. The molecule has 0 bridgehead atoms. The number of likely N-dealkylation sites (N-methyl/N-ethyl adjacent to an activating group) is 1. The van der Waals surface area contributed by atoms with E-state index in [1.165, 1.54) is 0 Å². The topological polar surface area (TPSA) is 71.6 Å². The number of amides is 2. The van der Waals surface area contributed by atoms with Crippen LogP contribution >= 0.6 is 0 Å². The van der Waals surface area contributed by atoms with E-state index in [-0.39, 0.29) is 23.8 Å². The highest BCUT2D eigenvalue weighted by Crippen LogP contribution is 2.26. The molecule has 3 aromatic heterocycles. The fourth-order valence-corrected chi connectivity index (χ4v) is 4.57. The van der Waals surface area contributed by atoms with Gasteiger partial charge in [-0.2, -0.15) is 0 Å². The molecule has 0 aliphatic carbocycles. The van der Waals surface area contributed by atoms with Gasteiger partial charge in [0, 0.05) is 45.0 Å². The van der Waals surface area contributed by atoms with Gasteiger partial charge in [-0.05, 0) is 43.2 Å². The van der Waals surface area contributed by atoms with Crippen molar-refractivity contribution in [2.24, 2.45) is 7.05 Å². The number of nitrogens with one attached hydrogen (secondary N) is 1. The molecule has 7 nitrogen and oxygen atoms in total. The lowest BCUT2D eigenvalue weighted by atomic mass is 9.90. The van der Waals surface area contributed by atoms with E-state index in [0.717, 1.165) is 11.2 Å². The van der Waals surface area contributed by atoms with Crippen LogP contribution in [0.4, 0.5) is 0 Å². The third-order valence-corrected chi connectivity index (χ3v) is 6.53. The van der Waals surface area contributed by atoms with Crippen LogP contribution in [0.5, 0.6) is 0 Å². The maximum Gasteiger partial charge on any atom is 0.272 e. The Morgan fingerprint density at radius 3 is 2.47 bits per heavy atom. The van der Waals surface area contributed by atoms with Crippen LogP contribution in [0.2, 0.25) is 0 Å². The first kappa shape index (κ1) is 23.3. The van der Waals surface area contributed by atoms with Gasteiger partial charge in [-0.15, -0.1) is 0 Å². The second kappa shape index (κ2) is 9.95. The van der Waals surface area contributed by atoms with E-state index in [1.54, 1.807) is 15.5 Å². The lowest BCUT2D eigenvalue weighted by molar-refractivity contribution is 0.0694. The van der Waals surface area contributed by atoms with Crippen LogP contribution in [-0.4, -0.2) is 50.3 Å². The van der Waals surface area contributed by atoms with Gasteiger partial charge < -0.3 is 14.8 Å². The van der Waals surface area contributed by atoms with Gasteiger partial charge in [0.25, 0.3) is 11.8 Å². The highest BCUT2D eigenvalue weighted by Gasteiger charge is 2.30. The minimum Gasteiger partial charge on any atom is -0.351 e. The van der Waals surface area contributed by atoms with Gasteiger partial charge in [0.2, 0.25) is 0 Å². The molecule has 0 aliphatic heterocycles. The molecule has 0 radical (unpaired) electrons. The third kappa shape index (κ3) is 4.59. The molecule has 2 atom stereocenters. The zero-order chi connectivity index (χ0) is 24.2. The van der Waals surface area contributed by atoms with Crippen molar-refractivity contribution in [2.45, 2.75) is 32.2 Å². The number of aryl methyl sites for hydroxylation is 2. The maximum atomic E-state index is 13.7. The minimum absolute atomic E-state index is 0.0709. The molecule has 3 heterocycles. The molecule has 2 amide bonds. The predicted octanol–water partition coefficient (Wildman–Crippen LogP) is 4.05. The predicted molar refractivity (Wildman–Crippen MR) is 133 cm³/mol. The van der Waals surface area contributed by atoms with E-state index < -0.39 is 0 Å². The van der Waals surface area contributed by atoms with Crippen LogP contribution in [0.15, 0.2) is 73.1 Å². The molecule has 4 aromatic rings. The van der Waals surface area contributed by atoms with Gasteiger partial charge >= 0.3 is 0 Å². The van der Waals surface area contributed by atoms with Crippen molar-refractivity contribution in [3.8, 4) is 0 Å². The second-order valence-corrected chi connectivity index (χ2v) is 8.71. The van der Waals surface area contributed by atoms with Crippen molar-refractivity contribution in [1.82, 2.24) is 24.2 Å². The standard InChI is InChI=1S/C27H31N5O2/c1-19(21-11-6-5-7-12-21)22(15-16-28-26(33)23-13-10-17-30(23)3)31(4)27(34)25-20(2)29-24-14-8-9-18-32(24)25/h5-14,17-19,22H,15-16H2,1-4H3,(H,28,33). The Bertz CT molecular complexity index is 1290. The van der Waals surface area contributed by atoms with Crippen molar-refractivity contribution in [3.63, 3.8) is 0 Å². The van der Waals surface area contributed by atoms with Crippen LogP contribution in [0.3, 0.4) is 0 Å². The van der Waals surface area contributed by atoms with E-state index in [9.17, 15) is 9.59 Å². The number of hydrogen-bond acceptors (Lipinski definition) is 3. The SMILES string of the molecule is Cc1nc2ccccn2c1C(=O)N(C)C(CCNC(=O)c1cccn1C)C(C)c1ccccc1. The van der Waals surface area contributed by atoms with Crippen molar-refractivity contribution in [2.75, 3.05) is 13.6 Å². The van der Waals surface area contributed by atoms with Gasteiger partial charge in [0.05, 0.1) is 5.69 Å². The van der Waals surface area contributed by atoms with Crippen LogP contribution in [0.25, 0.3) is 5.65 Å². The summed E-state index contributed by atoms with van der Waals surface area (Å²) in [5.74, 6) is -0.135. The van der Waals surface area contributed by atoms with Crippen molar-refractivity contribution >= 4 is 17.5 Å². The Balaban J connectivity index is 1.57. The second-order valence-electron chi connectivity index (χ2n) is 8.71. The number of aromatic nitrogens is 3. The van der Waals surface area contributed by atoms with Crippen molar-refractivity contribution in [1.29, 1.82) is 0 Å². The first-order valence-corrected chi connectivity index (χ1v) is 11.5. The molecular formula is C27H31N5O2. The number of benzene rings is 1. The molecule has 0 spiro atoms. The Hall–Kier alpha value is -3.87. The molecule has 0 aliphatic rings. The quantitative estimate of drug-likeness (QED) is 0.434. The van der Waals surface area contributed by atoms with E-state index in [1.807, 2.05) is 80.3 Å². The molecule has 2 unspecified atom stereocenters. The summed E-state index contributed by atoms with van der Waals surface area (Å²) in [4.78, 5) is 32.7. The summed E-state index contributed by atoms with van der Waals surface area (Å²) >= 11 is 0. The number of carbonyl (C=O) groups excluding carboxylic acids is 2. The van der Waals surface area contributed by atoms with E-state index in [0.29, 0.717) is 30.0 Å². The number of nitrogens with zero attached hydrogens (tertiary/aromatic N) is 4. The summed E-state index contributed by atoms with van der Waals surface area (Å²) in [6, 6.07) is 19.4. The van der Waals surface area contributed by atoms with E-state index in [4.69, 9.17) is 0 Å². The zero-order valence-corrected chi connectivity index (χ0v) is 20.1. The maximum absolute atomic E-state index is 13.7. The number of carbonyl (C=O) groups is 2. The summed E-state index contributed by atoms with van der Waals surface area (Å²) in [5, 5.41) is 3.02. The van der Waals surface area contributed by atoms with Crippen LogP contribution in [0, 0.1) is 6.92 Å². The van der Waals surface area contributed by atoms with Gasteiger partial charge in [-0.3, -0.25) is 14.0 Å². The number of hydrogen-bond donors (Lipinski definition) is 1. The molecule has 1 aromatic carbocycles. The van der Waals surface area contributed by atoms with Crippen LogP contribution in [0.1, 0.15) is 51.5 Å². The molecule has 176 valence electrons. The van der Waals surface area contributed by atoms with E-state index in [2.05, 4.69) is 29.4 Å². The van der Waals surface area contributed by atoms with Crippen molar-refractivity contribution in [3.05, 3.63) is 95.7 Å². The lowest BCUT2D eigenvalue weighted by Crippen LogP contribution is -2.43. The summed E-state index contributed by atoms with van der Waals surface area (Å²) in [6.45, 7) is 4.45. The normalized spacial score (nSPS) is 12.9. The molecule has 34 heavy (non-hydrogen) atoms. The summed E-state index contributed by atoms with van der Waals surface area (Å²) in [7, 11) is 3.69. The first-order chi connectivity index (χ1) is 16.4.